The zero-order valence-electron chi connectivity index (χ0n) is 16.9. The number of para-hydroxylation sites is 1. The smallest absolute Gasteiger partial charge is 0.418 e. The summed E-state index contributed by atoms with van der Waals surface area (Å²) in [7, 11) is 0. The van der Waals surface area contributed by atoms with Crippen LogP contribution in [0.4, 0.5) is 28.0 Å². The first-order chi connectivity index (χ1) is 15.6. The summed E-state index contributed by atoms with van der Waals surface area (Å²) in [4.78, 5) is 25.1. The van der Waals surface area contributed by atoms with E-state index in [9.17, 15) is 27.2 Å². The van der Waals surface area contributed by atoms with E-state index in [1.807, 2.05) is 0 Å². The molecule has 10 heteroatoms. The molecule has 33 heavy (non-hydrogen) atoms. The second kappa shape index (κ2) is 8.45. The van der Waals surface area contributed by atoms with Crippen LogP contribution in [-0.4, -0.2) is 11.9 Å². The topological polar surface area (TPSA) is 83.4 Å². The average molecular weight is 459 g/mol. The lowest BCUT2D eigenvalue weighted by atomic mass is 9.91. The molecular weight excluding hydrogens is 442 g/mol. The second-order valence-electron chi connectivity index (χ2n) is 7.32. The molecule has 1 aliphatic rings. The van der Waals surface area contributed by atoms with Crippen LogP contribution in [0.25, 0.3) is 11.3 Å². The van der Waals surface area contributed by atoms with Gasteiger partial charge in [0.05, 0.1) is 11.3 Å². The number of benzene rings is 2. The third kappa shape index (κ3) is 4.59. The largest absolute Gasteiger partial charge is 0.459 e. The van der Waals surface area contributed by atoms with Crippen molar-refractivity contribution in [2.75, 3.05) is 5.32 Å². The molecule has 6 nitrogen and oxygen atoms in total. The molecule has 170 valence electrons. The number of hydrogen-bond acceptors (Lipinski definition) is 3. The van der Waals surface area contributed by atoms with Crippen LogP contribution in [0.1, 0.15) is 17.4 Å². The van der Waals surface area contributed by atoms with Gasteiger partial charge in [0.1, 0.15) is 29.3 Å². The normalized spacial score (nSPS) is 18.4. The monoisotopic (exact) mass is 459 g/mol. The van der Waals surface area contributed by atoms with Crippen molar-refractivity contribution >= 4 is 17.6 Å². The summed E-state index contributed by atoms with van der Waals surface area (Å²) in [5.74, 6) is -1.91. The molecule has 2 aromatic carbocycles. The van der Waals surface area contributed by atoms with E-state index in [1.165, 1.54) is 42.5 Å². The molecule has 0 saturated carbocycles. The highest BCUT2D eigenvalue weighted by Gasteiger charge is 2.41. The Kier molecular flexibility index (Phi) is 5.67. The Balaban J connectivity index is 1.64. The minimum atomic E-state index is -4.68. The molecule has 1 saturated heterocycles. The Bertz CT molecular complexity index is 1220. The standard InChI is InChI=1S/C23H17F4N3O3/c1-12-19(21(31)29-16-5-3-2-4-15(16)23(25,26)27)20(30-22(32)28-12)18-11-10-17(33-18)13-6-8-14(24)9-7-13/h2-11,19-20H,1H2,(H,29,31)(H2,28,30,32)/t19-,20+/m0/s1. The van der Waals surface area contributed by atoms with Crippen LogP contribution in [0.2, 0.25) is 0 Å². The fraction of sp³-hybridized carbons (Fsp3) is 0.130. The maximum atomic E-state index is 13.3. The maximum absolute atomic E-state index is 13.3. The molecule has 2 atom stereocenters. The van der Waals surface area contributed by atoms with Gasteiger partial charge in [-0.1, -0.05) is 18.7 Å². The Hall–Kier alpha value is -4.08. The molecule has 1 fully saturated rings. The zero-order valence-corrected chi connectivity index (χ0v) is 16.9. The van der Waals surface area contributed by atoms with Crippen molar-refractivity contribution in [2.45, 2.75) is 12.2 Å². The lowest BCUT2D eigenvalue weighted by Gasteiger charge is -2.32. The Labute approximate surface area is 185 Å². The van der Waals surface area contributed by atoms with Crippen molar-refractivity contribution in [3.05, 3.63) is 90.1 Å². The number of carbonyl (C=O) groups is 2. The highest BCUT2D eigenvalue weighted by molar-refractivity contribution is 5.97. The van der Waals surface area contributed by atoms with Crippen LogP contribution in [0.5, 0.6) is 0 Å². The summed E-state index contributed by atoms with van der Waals surface area (Å²) in [6.45, 7) is 3.69. The van der Waals surface area contributed by atoms with Gasteiger partial charge in [-0.25, -0.2) is 9.18 Å². The SMILES string of the molecule is C=C1NC(=O)N[C@H](c2ccc(-c3ccc(F)cc3)o2)[C@H]1C(=O)Nc1ccccc1C(F)(F)F. The van der Waals surface area contributed by atoms with Crippen LogP contribution in [-0.2, 0) is 11.0 Å². The number of rotatable bonds is 4. The average Bonchev–Trinajstić information content (AvgIpc) is 3.23. The van der Waals surface area contributed by atoms with Crippen molar-refractivity contribution in [2.24, 2.45) is 5.92 Å². The first-order valence-corrected chi connectivity index (χ1v) is 9.72. The summed E-state index contributed by atoms with van der Waals surface area (Å²) >= 11 is 0. The van der Waals surface area contributed by atoms with Gasteiger partial charge in [0.25, 0.3) is 0 Å². The van der Waals surface area contributed by atoms with Crippen LogP contribution in [0.3, 0.4) is 0 Å². The first kappa shape index (κ1) is 22.1. The predicted octanol–water partition coefficient (Wildman–Crippen LogP) is 5.23. The number of nitrogens with one attached hydrogen (secondary N) is 3. The third-order valence-electron chi connectivity index (χ3n) is 5.10. The first-order valence-electron chi connectivity index (χ1n) is 9.72. The number of alkyl halides is 3. The Morgan fingerprint density at radius 2 is 1.73 bits per heavy atom. The lowest BCUT2D eigenvalue weighted by molar-refractivity contribution is -0.137. The van der Waals surface area contributed by atoms with Crippen molar-refractivity contribution in [3.63, 3.8) is 0 Å². The number of halogens is 4. The van der Waals surface area contributed by atoms with Gasteiger partial charge in [-0.15, -0.1) is 0 Å². The number of urea groups is 1. The van der Waals surface area contributed by atoms with E-state index in [-0.39, 0.29) is 11.5 Å². The molecule has 3 amide bonds. The van der Waals surface area contributed by atoms with Gasteiger partial charge in [-0.3, -0.25) is 4.79 Å². The molecule has 4 rings (SSSR count). The van der Waals surface area contributed by atoms with Gasteiger partial charge in [-0.2, -0.15) is 13.2 Å². The predicted molar refractivity (Wildman–Crippen MR) is 111 cm³/mol. The van der Waals surface area contributed by atoms with Crippen LogP contribution >= 0.6 is 0 Å². The van der Waals surface area contributed by atoms with Gasteiger partial charge < -0.3 is 20.4 Å². The number of anilines is 1. The van der Waals surface area contributed by atoms with Crippen molar-refractivity contribution in [1.82, 2.24) is 10.6 Å². The van der Waals surface area contributed by atoms with E-state index >= 15 is 0 Å². The molecule has 2 heterocycles. The van der Waals surface area contributed by atoms with Crippen molar-refractivity contribution in [3.8, 4) is 11.3 Å². The molecule has 0 radical (unpaired) electrons. The minimum absolute atomic E-state index is 0.00882. The Morgan fingerprint density at radius 1 is 1.03 bits per heavy atom. The summed E-state index contributed by atoms with van der Waals surface area (Å²) in [5, 5.41) is 7.21. The molecule has 1 aliphatic heterocycles. The number of furan rings is 1. The number of amides is 3. The minimum Gasteiger partial charge on any atom is -0.459 e. The van der Waals surface area contributed by atoms with Gasteiger partial charge in [0.15, 0.2) is 0 Å². The molecular formula is C23H17F4N3O3. The van der Waals surface area contributed by atoms with Gasteiger partial charge in [0.2, 0.25) is 5.91 Å². The summed E-state index contributed by atoms with van der Waals surface area (Å²) < 4.78 is 59.0. The molecule has 1 aromatic heterocycles. The van der Waals surface area contributed by atoms with E-state index in [1.54, 1.807) is 6.07 Å². The highest BCUT2D eigenvalue weighted by Crippen LogP contribution is 2.37. The summed E-state index contributed by atoms with van der Waals surface area (Å²) in [6.07, 6.45) is -4.68. The van der Waals surface area contributed by atoms with Crippen LogP contribution in [0, 0.1) is 11.7 Å². The fourth-order valence-electron chi connectivity index (χ4n) is 3.57. The van der Waals surface area contributed by atoms with Crippen molar-refractivity contribution < 1.29 is 31.6 Å². The van der Waals surface area contributed by atoms with Crippen LogP contribution < -0.4 is 16.0 Å². The molecule has 0 spiro atoms. The van der Waals surface area contributed by atoms with E-state index < -0.39 is 47.1 Å². The summed E-state index contributed by atoms with van der Waals surface area (Å²) in [5.41, 5.74) is -0.887. The molecule has 0 aliphatic carbocycles. The van der Waals surface area contributed by atoms with E-state index in [0.717, 1.165) is 12.1 Å². The van der Waals surface area contributed by atoms with Gasteiger partial charge in [-0.05, 0) is 48.5 Å². The lowest BCUT2D eigenvalue weighted by Crippen LogP contribution is -2.51. The van der Waals surface area contributed by atoms with Gasteiger partial charge >= 0.3 is 12.2 Å². The molecule has 0 unspecified atom stereocenters. The third-order valence-corrected chi connectivity index (χ3v) is 5.10. The number of hydrogen-bond donors (Lipinski definition) is 3. The van der Waals surface area contributed by atoms with Crippen molar-refractivity contribution in [1.29, 1.82) is 0 Å². The fourth-order valence-corrected chi connectivity index (χ4v) is 3.57. The van der Waals surface area contributed by atoms with E-state index in [4.69, 9.17) is 4.42 Å². The van der Waals surface area contributed by atoms with E-state index in [2.05, 4.69) is 22.5 Å². The summed E-state index contributed by atoms with van der Waals surface area (Å²) in [6, 6.07) is 11.5. The maximum Gasteiger partial charge on any atom is 0.418 e. The second-order valence-corrected chi connectivity index (χ2v) is 7.32. The Morgan fingerprint density at radius 3 is 2.42 bits per heavy atom. The van der Waals surface area contributed by atoms with Crippen LogP contribution in [0.15, 0.2) is 77.4 Å². The highest BCUT2D eigenvalue weighted by atomic mass is 19.4. The van der Waals surface area contributed by atoms with Gasteiger partial charge in [0, 0.05) is 11.3 Å². The quantitative estimate of drug-likeness (QED) is 0.468. The zero-order chi connectivity index (χ0) is 23.8. The molecule has 0 bridgehead atoms. The molecule has 3 N–H and O–H groups in total. The number of carbonyl (C=O) groups excluding carboxylic acids is 2. The molecule has 3 aromatic rings. The van der Waals surface area contributed by atoms with E-state index in [0.29, 0.717) is 11.3 Å².